The molecule has 3 rings (SSSR count). The fraction of sp³-hybridized carbons (Fsp3) is 0.105. The normalized spacial score (nSPS) is 11.0. The first-order valence-corrected chi connectivity index (χ1v) is 7.78. The van der Waals surface area contributed by atoms with Gasteiger partial charge < -0.3 is 14.5 Å². The summed E-state index contributed by atoms with van der Waals surface area (Å²) in [4.78, 5) is 23.0. The van der Waals surface area contributed by atoms with Crippen LogP contribution in [0.25, 0.3) is 17.0 Å². The first-order chi connectivity index (χ1) is 12.5. The van der Waals surface area contributed by atoms with Crippen LogP contribution in [0.4, 0.5) is 11.4 Å². The van der Waals surface area contributed by atoms with Gasteiger partial charge in [-0.05, 0) is 29.8 Å². The van der Waals surface area contributed by atoms with Gasteiger partial charge in [-0.25, -0.2) is 0 Å². The van der Waals surface area contributed by atoms with Crippen molar-refractivity contribution in [3.8, 4) is 5.75 Å². The van der Waals surface area contributed by atoms with Gasteiger partial charge in [-0.3, -0.25) is 14.9 Å². The third-order valence-electron chi connectivity index (χ3n) is 3.89. The second-order valence-corrected chi connectivity index (χ2v) is 5.47. The molecule has 0 aliphatic rings. The number of methoxy groups -OCH3 is 1. The molecule has 0 fully saturated rings. The number of carbonyl (C=O) groups excluding carboxylic acids is 1. The second-order valence-electron chi connectivity index (χ2n) is 5.47. The van der Waals surface area contributed by atoms with E-state index in [4.69, 9.17) is 9.15 Å². The van der Waals surface area contributed by atoms with Crippen LogP contribution in [0, 0.1) is 10.1 Å². The van der Waals surface area contributed by atoms with Crippen LogP contribution in [0.15, 0.2) is 53.0 Å². The number of ether oxygens (including phenoxy) is 1. The van der Waals surface area contributed by atoms with Crippen molar-refractivity contribution in [1.82, 2.24) is 0 Å². The number of nitro benzene ring substituents is 1. The van der Waals surface area contributed by atoms with Gasteiger partial charge in [0.05, 0.1) is 12.0 Å². The van der Waals surface area contributed by atoms with Crippen molar-refractivity contribution < 1.29 is 18.9 Å². The molecule has 1 N–H and O–H groups in total. The third-order valence-corrected chi connectivity index (χ3v) is 3.89. The van der Waals surface area contributed by atoms with Crippen molar-refractivity contribution in [2.75, 3.05) is 19.5 Å². The summed E-state index contributed by atoms with van der Waals surface area (Å²) in [5.74, 6) is 0.370. The summed E-state index contributed by atoms with van der Waals surface area (Å²) in [5.41, 5.74) is 1.39. The highest BCUT2D eigenvalue weighted by Gasteiger charge is 2.14. The van der Waals surface area contributed by atoms with E-state index in [1.807, 2.05) is 12.1 Å². The number of benzene rings is 2. The molecule has 1 heterocycles. The quantitative estimate of drug-likeness (QED) is 0.308. The number of nitro groups is 1. The Hall–Kier alpha value is -3.61. The minimum absolute atomic E-state index is 0.0597. The lowest BCUT2D eigenvalue weighted by atomic mass is 10.1. The van der Waals surface area contributed by atoms with E-state index in [2.05, 4.69) is 5.32 Å². The van der Waals surface area contributed by atoms with Crippen molar-refractivity contribution in [2.24, 2.45) is 0 Å². The highest BCUT2D eigenvalue weighted by atomic mass is 16.6. The molecule has 26 heavy (non-hydrogen) atoms. The molecule has 2 aromatic carbocycles. The molecule has 0 spiro atoms. The monoisotopic (exact) mass is 352 g/mol. The van der Waals surface area contributed by atoms with Crippen LogP contribution in [0.1, 0.15) is 16.1 Å². The number of furan rings is 1. The predicted molar refractivity (Wildman–Crippen MR) is 98.8 cm³/mol. The van der Waals surface area contributed by atoms with E-state index in [1.54, 1.807) is 31.3 Å². The summed E-state index contributed by atoms with van der Waals surface area (Å²) < 4.78 is 10.8. The number of ketones is 1. The van der Waals surface area contributed by atoms with Crippen LogP contribution in [0.2, 0.25) is 0 Å². The Morgan fingerprint density at radius 2 is 2.08 bits per heavy atom. The van der Waals surface area contributed by atoms with Gasteiger partial charge in [0.25, 0.3) is 5.69 Å². The summed E-state index contributed by atoms with van der Waals surface area (Å²) in [6, 6.07) is 11.7. The highest BCUT2D eigenvalue weighted by Crippen LogP contribution is 2.29. The van der Waals surface area contributed by atoms with Crippen molar-refractivity contribution in [3.63, 3.8) is 0 Å². The van der Waals surface area contributed by atoms with Crippen LogP contribution in [0.3, 0.4) is 0 Å². The van der Waals surface area contributed by atoms with Gasteiger partial charge in [-0.1, -0.05) is 24.3 Å². The third kappa shape index (κ3) is 3.27. The zero-order valence-electron chi connectivity index (χ0n) is 14.2. The van der Waals surface area contributed by atoms with Crippen LogP contribution in [-0.4, -0.2) is 24.9 Å². The molecule has 0 aliphatic carbocycles. The Balaban J connectivity index is 1.88. The van der Waals surface area contributed by atoms with E-state index in [0.717, 1.165) is 5.39 Å². The Bertz CT molecular complexity index is 1020. The molecule has 0 radical (unpaired) electrons. The van der Waals surface area contributed by atoms with Crippen LogP contribution in [-0.2, 0) is 0 Å². The van der Waals surface area contributed by atoms with Gasteiger partial charge in [-0.15, -0.1) is 0 Å². The number of allylic oxidation sites excluding steroid dienone is 1. The number of anilines is 1. The molecule has 0 atom stereocenters. The first kappa shape index (κ1) is 17.2. The first-order valence-electron chi connectivity index (χ1n) is 7.78. The highest BCUT2D eigenvalue weighted by molar-refractivity contribution is 6.07. The molecule has 3 aromatic rings. The second kappa shape index (κ2) is 7.10. The zero-order valence-corrected chi connectivity index (χ0v) is 14.2. The molecular weight excluding hydrogens is 336 g/mol. The molecule has 1 aromatic heterocycles. The number of para-hydroxylation sites is 1. The number of carbonyl (C=O) groups is 1. The van der Waals surface area contributed by atoms with Gasteiger partial charge in [0.2, 0.25) is 5.78 Å². The van der Waals surface area contributed by atoms with Gasteiger partial charge in [0.1, 0.15) is 5.69 Å². The maximum absolute atomic E-state index is 12.4. The number of hydrogen-bond acceptors (Lipinski definition) is 6. The van der Waals surface area contributed by atoms with Crippen LogP contribution in [0.5, 0.6) is 5.75 Å². The van der Waals surface area contributed by atoms with E-state index in [1.165, 1.54) is 25.3 Å². The number of rotatable bonds is 6. The Morgan fingerprint density at radius 3 is 2.77 bits per heavy atom. The van der Waals surface area contributed by atoms with Gasteiger partial charge in [0.15, 0.2) is 17.1 Å². The molecular formula is C19H16N2O5. The zero-order chi connectivity index (χ0) is 18.7. The van der Waals surface area contributed by atoms with Crippen molar-refractivity contribution in [2.45, 2.75) is 0 Å². The van der Waals surface area contributed by atoms with Gasteiger partial charge in [-0.2, -0.15) is 0 Å². The fourth-order valence-corrected chi connectivity index (χ4v) is 2.59. The lowest BCUT2D eigenvalue weighted by Crippen LogP contribution is -1.97. The van der Waals surface area contributed by atoms with E-state index in [9.17, 15) is 14.9 Å². The Morgan fingerprint density at radius 1 is 1.27 bits per heavy atom. The standard InChI is InChI=1S/C19H16N2O5/c1-20-14-8-6-12(10-15(14)21(23)24)7-9-16(22)18-11-13-4-3-5-17(25-2)19(13)26-18/h3-11,20H,1-2H3/b9-7+. The number of fused-ring (bicyclic) bond motifs is 1. The Labute approximate surface area is 149 Å². The molecule has 0 amide bonds. The smallest absolute Gasteiger partial charge is 0.292 e. The Kier molecular flexibility index (Phi) is 4.70. The van der Waals surface area contributed by atoms with Crippen LogP contribution < -0.4 is 10.1 Å². The van der Waals surface area contributed by atoms with Crippen LogP contribution >= 0.6 is 0 Å². The predicted octanol–water partition coefficient (Wildman–Crippen LogP) is 4.29. The maximum atomic E-state index is 12.4. The molecule has 7 nitrogen and oxygen atoms in total. The molecule has 0 saturated heterocycles. The molecule has 0 bridgehead atoms. The number of nitrogens with zero attached hydrogens (tertiary/aromatic N) is 1. The summed E-state index contributed by atoms with van der Waals surface area (Å²) in [6.07, 6.45) is 2.83. The van der Waals surface area contributed by atoms with E-state index in [0.29, 0.717) is 22.6 Å². The van der Waals surface area contributed by atoms with Crippen molar-refractivity contribution >= 4 is 34.2 Å². The topological polar surface area (TPSA) is 94.6 Å². The fourth-order valence-electron chi connectivity index (χ4n) is 2.59. The molecule has 0 unspecified atom stereocenters. The minimum Gasteiger partial charge on any atom is -0.493 e. The van der Waals surface area contributed by atoms with E-state index in [-0.39, 0.29) is 17.2 Å². The van der Waals surface area contributed by atoms with E-state index < -0.39 is 4.92 Å². The van der Waals surface area contributed by atoms with E-state index >= 15 is 0 Å². The van der Waals surface area contributed by atoms with Gasteiger partial charge >= 0.3 is 0 Å². The molecule has 0 aliphatic heterocycles. The summed E-state index contributed by atoms with van der Waals surface area (Å²) in [5, 5.41) is 14.6. The molecule has 132 valence electrons. The summed E-state index contributed by atoms with van der Waals surface area (Å²) in [7, 11) is 3.14. The maximum Gasteiger partial charge on any atom is 0.292 e. The molecule has 0 saturated carbocycles. The summed E-state index contributed by atoms with van der Waals surface area (Å²) >= 11 is 0. The lowest BCUT2D eigenvalue weighted by Gasteiger charge is -2.02. The minimum atomic E-state index is -0.476. The number of hydrogen-bond donors (Lipinski definition) is 1. The molecule has 7 heteroatoms. The average molecular weight is 352 g/mol. The van der Waals surface area contributed by atoms with Crippen molar-refractivity contribution in [3.05, 3.63) is 70.0 Å². The largest absolute Gasteiger partial charge is 0.493 e. The SMILES string of the molecule is CNc1ccc(/C=C/C(=O)c2cc3cccc(OC)c3o2)cc1[N+](=O)[O-]. The average Bonchev–Trinajstić information content (AvgIpc) is 3.10. The van der Waals surface area contributed by atoms with Gasteiger partial charge in [0, 0.05) is 18.5 Å². The number of nitrogens with one attached hydrogen (secondary N) is 1. The summed E-state index contributed by atoms with van der Waals surface area (Å²) in [6.45, 7) is 0. The van der Waals surface area contributed by atoms with Crippen molar-refractivity contribution in [1.29, 1.82) is 0 Å². The lowest BCUT2D eigenvalue weighted by molar-refractivity contribution is -0.383.